The fraction of sp³-hybridized carbons (Fsp3) is 0.750. The highest BCUT2D eigenvalue weighted by Gasteiger charge is 2.13. The standard InChI is InChI=1S/C8H18N4O2.2H2O/c1-2-14-7(13)6(9)4-3-5-12-8(10)11;;/h6H,2-5,9H2,1H3,(H4,10,11,12);2*1H2. The third kappa shape index (κ3) is 10.7. The van der Waals surface area contributed by atoms with Crippen LogP contribution in [0.1, 0.15) is 19.8 Å². The molecule has 0 amide bonds. The van der Waals surface area contributed by atoms with Gasteiger partial charge in [0.1, 0.15) is 6.04 Å². The molecule has 0 saturated carbocycles. The zero-order valence-corrected chi connectivity index (χ0v) is 9.38. The van der Waals surface area contributed by atoms with Crippen molar-refractivity contribution >= 4 is 11.9 Å². The molecule has 8 heteroatoms. The molecule has 10 N–H and O–H groups in total. The van der Waals surface area contributed by atoms with Crippen molar-refractivity contribution in [1.29, 1.82) is 5.41 Å². The highest BCUT2D eigenvalue weighted by Crippen LogP contribution is 1.95. The molecule has 0 fully saturated rings. The Balaban J connectivity index is -0.000000845. The molecular weight excluding hydrogens is 216 g/mol. The normalized spacial score (nSPS) is 10.4. The molecule has 0 aromatic rings. The van der Waals surface area contributed by atoms with E-state index in [1.54, 1.807) is 6.92 Å². The first-order chi connectivity index (χ1) is 6.57. The molecule has 0 spiro atoms. The van der Waals surface area contributed by atoms with Gasteiger partial charge in [0.25, 0.3) is 0 Å². The fourth-order valence-corrected chi connectivity index (χ4v) is 0.912. The van der Waals surface area contributed by atoms with Crippen LogP contribution in [0.5, 0.6) is 0 Å². The molecule has 1 atom stereocenters. The lowest BCUT2D eigenvalue weighted by Gasteiger charge is -2.10. The summed E-state index contributed by atoms with van der Waals surface area (Å²) in [6, 6.07) is -0.580. The van der Waals surface area contributed by atoms with Gasteiger partial charge in [-0.05, 0) is 19.8 Å². The van der Waals surface area contributed by atoms with Crippen LogP contribution < -0.4 is 16.8 Å². The number of guanidine groups is 1. The van der Waals surface area contributed by atoms with Crippen molar-refractivity contribution in [2.45, 2.75) is 25.8 Å². The number of carbonyl (C=O) groups excluding carboxylic acids is 1. The number of nitrogens with two attached hydrogens (primary N) is 2. The van der Waals surface area contributed by atoms with Crippen LogP contribution in [-0.2, 0) is 9.53 Å². The average Bonchev–Trinajstić information content (AvgIpc) is 2.12. The first-order valence-corrected chi connectivity index (χ1v) is 4.58. The first kappa shape index (κ1) is 20.1. The summed E-state index contributed by atoms with van der Waals surface area (Å²) in [5.41, 5.74) is 10.6. The van der Waals surface area contributed by atoms with E-state index in [9.17, 15) is 4.79 Å². The van der Waals surface area contributed by atoms with Crippen LogP contribution in [0.15, 0.2) is 0 Å². The summed E-state index contributed by atoms with van der Waals surface area (Å²) >= 11 is 0. The number of rotatable bonds is 6. The van der Waals surface area contributed by atoms with E-state index in [1.165, 1.54) is 0 Å². The molecule has 0 aliphatic carbocycles. The molecule has 0 rings (SSSR count). The summed E-state index contributed by atoms with van der Waals surface area (Å²) in [6.07, 6.45) is 1.21. The zero-order chi connectivity index (χ0) is 11.0. The van der Waals surface area contributed by atoms with E-state index in [0.717, 1.165) is 0 Å². The maximum atomic E-state index is 11.0. The van der Waals surface area contributed by atoms with Gasteiger partial charge < -0.3 is 32.5 Å². The first-order valence-electron chi connectivity index (χ1n) is 4.58. The number of esters is 1. The zero-order valence-electron chi connectivity index (χ0n) is 9.38. The average molecular weight is 238 g/mol. The van der Waals surface area contributed by atoms with Crippen molar-refractivity contribution in [3.05, 3.63) is 0 Å². The van der Waals surface area contributed by atoms with E-state index in [4.69, 9.17) is 21.6 Å². The minimum atomic E-state index is -0.580. The van der Waals surface area contributed by atoms with Crippen LogP contribution in [0.25, 0.3) is 0 Å². The number of carbonyl (C=O) groups is 1. The molecule has 0 saturated heterocycles. The number of hydrogen-bond donors (Lipinski definition) is 4. The Hall–Kier alpha value is -1.38. The van der Waals surface area contributed by atoms with E-state index in [2.05, 4.69) is 5.32 Å². The molecule has 8 nitrogen and oxygen atoms in total. The third-order valence-corrected chi connectivity index (χ3v) is 1.60. The Morgan fingerprint density at radius 3 is 2.50 bits per heavy atom. The molecule has 0 heterocycles. The Morgan fingerprint density at radius 2 is 2.06 bits per heavy atom. The molecule has 98 valence electrons. The monoisotopic (exact) mass is 238 g/mol. The van der Waals surface area contributed by atoms with Crippen LogP contribution in [-0.4, -0.2) is 42.1 Å². The molecular formula is C8H22N4O4. The van der Waals surface area contributed by atoms with Crippen molar-refractivity contribution < 1.29 is 20.5 Å². The van der Waals surface area contributed by atoms with Crippen molar-refractivity contribution in [3.8, 4) is 0 Å². The summed E-state index contributed by atoms with van der Waals surface area (Å²) in [6.45, 7) is 2.63. The van der Waals surface area contributed by atoms with Crippen LogP contribution in [0.4, 0.5) is 0 Å². The molecule has 0 bridgehead atoms. The Labute approximate surface area is 94.4 Å². The Bertz CT molecular complexity index is 200. The summed E-state index contributed by atoms with van der Waals surface area (Å²) < 4.78 is 4.73. The molecule has 0 aliphatic heterocycles. The summed E-state index contributed by atoms with van der Waals surface area (Å²) in [4.78, 5) is 11.0. The van der Waals surface area contributed by atoms with E-state index < -0.39 is 6.04 Å². The van der Waals surface area contributed by atoms with Gasteiger partial charge in [0.05, 0.1) is 6.61 Å². The predicted molar refractivity (Wildman–Crippen MR) is 61.0 cm³/mol. The Kier molecular flexibility index (Phi) is 14.7. The highest BCUT2D eigenvalue weighted by atomic mass is 16.5. The maximum Gasteiger partial charge on any atom is 0.322 e. The fourth-order valence-electron chi connectivity index (χ4n) is 0.912. The molecule has 1 unspecified atom stereocenters. The van der Waals surface area contributed by atoms with Gasteiger partial charge in [0.2, 0.25) is 0 Å². The SMILES string of the molecule is CCOC(=O)C(N)CCCNC(=N)N.O.O. The van der Waals surface area contributed by atoms with Crippen LogP contribution in [0.2, 0.25) is 0 Å². The highest BCUT2D eigenvalue weighted by molar-refractivity contribution is 5.75. The van der Waals surface area contributed by atoms with Gasteiger partial charge in [0, 0.05) is 6.54 Å². The lowest BCUT2D eigenvalue weighted by molar-refractivity contribution is -0.144. The maximum absolute atomic E-state index is 11.0. The summed E-state index contributed by atoms with van der Waals surface area (Å²) in [5, 5.41) is 9.50. The van der Waals surface area contributed by atoms with Gasteiger partial charge in [-0.15, -0.1) is 0 Å². The van der Waals surface area contributed by atoms with Crippen molar-refractivity contribution in [2.24, 2.45) is 11.5 Å². The predicted octanol–water partition coefficient (Wildman–Crippen LogP) is -2.51. The van der Waals surface area contributed by atoms with E-state index in [0.29, 0.717) is 26.0 Å². The van der Waals surface area contributed by atoms with Crippen LogP contribution >= 0.6 is 0 Å². The second kappa shape index (κ2) is 11.7. The van der Waals surface area contributed by atoms with Gasteiger partial charge >= 0.3 is 5.97 Å². The number of hydrogen-bond acceptors (Lipinski definition) is 4. The smallest absolute Gasteiger partial charge is 0.322 e. The van der Waals surface area contributed by atoms with Gasteiger partial charge in [-0.3, -0.25) is 10.2 Å². The lowest BCUT2D eigenvalue weighted by atomic mass is 10.2. The van der Waals surface area contributed by atoms with Gasteiger partial charge in [-0.2, -0.15) is 0 Å². The molecule has 0 aromatic carbocycles. The van der Waals surface area contributed by atoms with Gasteiger partial charge in [0.15, 0.2) is 5.96 Å². The second-order valence-electron chi connectivity index (χ2n) is 2.84. The van der Waals surface area contributed by atoms with Crippen molar-refractivity contribution in [1.82, 2.24) is 5.32 Å². The van der Waals surface area contributed by atoms with Gasteiger partial charge in [-0.1, -0.05) is 0 Å². The largest absolute Gasteiger partial charge is 0.465 e. The Morgan fingerprint density at radius 1 is 1.50 bits per heavy atom. The van der Waals surface area contributed by atoms with Crippen LogP contribution in [0.3, 0.4) is 0 Å². The van der Waals surface area contributed by atoms with Crippen LogP contribution in [0, 0.1) is 5.41 Å². The lowest BCUT2D eigenvalue weighted by Crippen LogP contribution is -2.35. The molecule has 0 aliphatic rings. The second-order valence-corrected chi connectivity index (χ2v) is 2.84. The number of nitrogens with one attached hydrogen (secondary N) is 2. The topological polar surface area (TPSA) is 177 Å². The summed E-state index contributed by atoms with van der Waals surface area (Å²) in [5.74, 6) is -0.454. The van der Waals surface area contributed by atoms with Gasteiger partial charge in [-0.25, -0.2) is 0 Å². The van der Waals surface area contributed by atoms with E-state index in [1.807, 2.05) is 0 Å². The van der Waals surface area contributed by atoms with Crippen molar-refractivity contribution in [2.75, 3.05) is 13.2 Å². The molecule has 0 aromatic heterocycles. The number of ether oxygens (including phenoxy) is 1. The minimum Gasteiger partial charge on any atom is -0.465 e. The molecule has 16 heavy (non-hydrogen) atoms. The van der Waals surface area contributed by atoms with Crippen molar-refractivity contribution in [3.63, 3.8) is 0 Å². The summed E-state index contributed by atoms with van der Waals surface area (Å²) in [7, 11) is 0. The van der Waals surface area contributed by atoms with E-state index in [-0.39, 0.29) is 22.9 Å². The third-order valence-electron chi connectivity index (χ3n) is 1.60. The molecule has 0 radical (unpaired) electrons. The quantitative estimate of drug-likeness (QED) is 0.172. The van der Waals surface area contributed by atoms with E-state index >= 15 is 0 Å². The minimum absolute atomic E-state index is 0.